The average Bonchev–Trinajstić information content (AvgIpc) is 2.96. The van der Waals surface area contributed by atoms with Crippen molar-refractivity contribution in [1.29, 1.82) is 0 Å². The van der Waals surface area contributed by atoms with Gasteiger partial charge in [-0.1, -0.05) is 31.0 Å². The minimum atomic E-state index is -3.15. The van der Waals surface area contributed by atoms with E-state index in [1.54, 1.807) is 11.9 Å². The predicted octanol–water partition coefficient (Wildman–Crippen LogP) is 2.52. The molecule has 0 radical (unpaired) electrons. The Bertz CT molecular complexity index is 841. The van der Waals surface area contributed by atoms with Gasteiger partial charge in [-0.3, -0.25) is 4.79 Å². The monoisotopic (exact) mass is 348 g/mol. The van der Waals surface area contributed by atoms with Crippen LogP contribution in [-0.2, 0) is 21.1 Å². The van der Waals surface area contributed by atoms with Gasteiger partial charge in [0.05, 0.1) is 11.7 Å². The number of fused-ring (bicyclic) bond motifs is 1. The van der Waals surface area contributed by atoms with Crippen molar-refractivity contribution in [3.8, 4) is 0 Å². The van der Waals surface area contributed by atoms with Gasteiger partial charge in [0.1, 0.15) is 0 Å². The largest absolute Gasteiger partial charge is 0.361 e. The number of aromatic nitrogens is 1. The van der Waals surface area contributed by atoms with E-state index in [-0.39, 0.29) is 18.4 Å². The third-order valence-electron chi connectivity index (χ3n) is 5.13. The molecule has 0 unspecified atom stereocenters. The van der Waals surface area contributed by atoms with Crippen molar-refractivity contribution in [2.75, 3.05) is 13.3 Å². The van der Waals surface area contributed by atoms with Crippen LogP contribution in [0.2, 0.25) is 0 Å². The Hall–Kier alpha value is -1.82. The SMILES string of the molecule is CN(C(=O)Cc1c[nH]c2ccccc12)[C@H]1CCCC[C@H]1S(C)(=O)=O. The summed E-state index contributed by atoms with van der Waals surface area (Å²) in [6, 6.07) is 7.66. The maximum atomic E-state index is 12.7. The van der Waals surface area contributed by atoms with Gasteiger partial charge in [-0.2, -0.15) is 0 Å². The molecule has 1 fully saturated rings. The highest BCUT2D eigenvalue weighted by Crippen LogP contribution is 2.28. The van der Waals surface area contributed by atoms with Crippen LogP contribution >= 0.6 is 0 Å². The van der Waals surface area contributed by atoms with Crippen LogP contribution in [0.25, 0.3) is 10.9 Å². The van der Waals surface area contributed by atoms with E-state index in [9.17, 15) is 13.2 Å². The summed E-state index contributed by atoms with van der Waals surface area (Å²) in [6.07, 6.45) is 6.73. The zero-order valence-corrected chi connectivity index (χ0v) is 15.0. The molecule has 1 aliphatic rings. The Morgan fingerprint density at radius 1 is 1.25 bits per heavy atom. The molecule has 1 saturated carbocycles. The van der Waals surface area contributed by atoms with Gasteiger partial charge in [0.2, 0.25) is 5.91 Å². The standard InChI is InChI=1S/C18H24N2O3S/c1-20(16-9-5-6-10-17(16)24(2,22)23)18(21)11-13-12-19-15-8-4-3-7-14(13)15/h3-4,7-8,12,16-17,19H,5-6,9-11H2,1-2H3/t16-,17+/m0/s1. The van der Waals surface area contributed by atoms with E-state index in [2.05, 4.69) is 4.98 Å². The molecule has 0 aliphatic heterocycles. The minimum absolute atomic E-state index is 0.0275. The highest BCUT2D eigenvalue weighted by molar-refractivity contribution is 7.91. The number of hydrogen-bond acceptors (Lipinski definition) is 3. The molecule has 24 heavy (non-hydrogen) atoms. The van der Waals surface area contributed by atoms with Crippen LogP contribution in [0.3, 0.4) is 0 Å². The fraction of sp³-hybridized carbons (Fsp3) is 0.500. The summed E-state index contributed by atoms with van der Waals surface area (Å²) in [7, 11) is -1.41. The van der Waals surface area contributed by atoms with E-state index < -0.39 is 15.1 Å². The zero-order chi connectivity index (χ0) is 17.3. The van der Waals surface area contributed by atoms with E-state index >= 15 is 0 Å². The van der Waals surface area contributed by atoms with Gasteiger partial charge in [0.15, 0.2) is 9.84 Å². The Morgan fingerprint density at radius 3 is 2.71 bits per heavy atom. The molecule has 2 aromatic rings. The van der Waals surface area contributed by atoms with Gasteiger partial charge >= 0.3 is 0 Å². The van der Waals surface area contributed by atoms with Crippen molar-refractivity contribution in [3.63, 3.8) is 0 Å². The number of H-pyrrole nitrogens is 1. The Morgan fingerprint density at radius 2 is 1.96 bits per heavy atom. The third kappa shape index (κ3) is 3.34. The van der Waals surface area contributed by atoms with E-state index in [1.807, 2.05) is 30.5 Å². The molecule has 6 heteroatoms. The molecule has 3 rings (SSSR count). The van der Waals surface area contributed by atoms with Gasteiger partial charge in [0.25, 0.3) is 0 Å². The molecule has 5 nitrogen and oxygen atoms in total. The number of rotatable bonds is 4. The van der Waals surface area contributed by atoms with Gasteiger partial charge < -0.3 is 9.88 Å². The van der Waals surface area contributed by atoms with E-state index in [4.69, 9.17) is 0 Å². The van der Waals surface area contributed by atoms with E-state index in [0.29, 0.717) is 6.42 Å². The number of para-hydroxylation sites is 1. The first-order valence-corrected chi connectivity index (χ1v) is 10.3. The molecule has 130 valence electrons. The van der Waals surface area contributed by atoms with Gasteiger partial charge in [-0.25, -0.2) is 8.42 Å². The number of sulfone groups is 1. The second-order valence-corrected chi connectivity index (χ2v) is 9.03. The summed E-state index contributed by atoms with van der Waals surface area (Å²) < 4.78 is 24.1. The molecular formula is C18H24N2O3S. The predicted molar refractivity (Wildman–Crippen MR) is 95.7 cm³/mol. The number of aromatic amines is 1. The van der Waals surface area contributed by atoms with Crippen LogP contribution in [0.4, 0.5) is 0 Å². The summed E-state index contributed by atoms with van der Waals surface area (Å²) in [5.74, 6) is -0.0275. The second kappa shape index (κ2) is 6.59. The van der Waals surface area contributed by atoms with E-state index in [1.165, 1.54) is 6.26 Å². The van der Waals surface area contributed by atoms with Crippen LogP contribution in [0, 0.1) is 0 Å². The number of benzene rings is 1. The van der Waals surface area contributed by atoms with Crippen molar-refractivity contribution < 1.29 is 13.2 Å². The van der Waals surface area contributed by atoms with Crippen LogP contribution in [0.15, 0.2) is 30.5 Å². The molecule has 0 saturated heterocycles. The summed E-state index contributed by atoms with van der Waals surface area (Å²) in [5, 5.41) is 0.603. The van der Waals surface area contributed by atoms with Crippen molar-refractivity contribution in [2.45, 2.75) is 43.4 Å². The number of carbonyl (C=O) groups is 1. The zero-order valence-electron chi connectivity index (χ0n) is 14.2. The lowest BCUT2D eigenvalue weighted by molar-refractivity contribution is -0.131. The van der Waals surface area contributed by atoms with Gasteiger partial charge in [0, 0.05) is 36.4 Å². The molecule has 1 heterocycles. The van der Waals surface area contributed by atoms with Crippen molar-refractivity contribution in [2.24, 2.45) is 0 Å². The molecule has 2 atom stereocenters. The number of amides is 1. The molecule has 0 bridgehead atoms. The fourth-order valence-corrected chi connectivity index (χ4v) is 5.25. The van der Waals surface area contributed by atoms with Crippen LogP contribution in [0.5, 0.6) is 0 Å². The molecule has 0 spiro atoms. The first-order valence-electron chi connectivity index (χ1n) is 8.37. The smallest absolute Gasteiger partial charge is 0.227 e. The number of likely N-dealkylation sites (N-methyl/N-ethyl adjacent to an activating group) is 1. The van der Waals surface area contributed by atoms with Crippen LogP contribution in [0.1, 0.15) is 31.2 Å². The number of carbonyl (C=O) groups excluding carboxylic acids is 1. The van der Waals surface area contributed by atoms with Crippen molar-refractivity contribution >= 4 is 26.6 Å². The lowest BCUT2D eigenvalue weighted by Crippen LogP contribution is -2.49. The van der Waals surface area contributed by atoms with Crippen LogP contribution in [-0.4, -0.2) is 48.8 Å². The van der Waals surface area contributed by atoms with E-state index in [0.717, 1.165) is 35.7 Å². The first-order chi connectivity index (χ1) is 11.4. The number of hydrogen-bond donors (Lipinski definition) is 1. The fourth-order valence-electron chi connectivity index (χ4n) is 3.77. The molecule has 1 N–H and O–H groups in total. The summed E-state index contributed by atoms with van der Waals surface area (Å²) in [6.45, 7) is 0. The third-order valence-corrected chi connectivity index (χ3v) is 6.77. The van der Waals surface area contributed by atoms with Crippen LogP contribution < -0.4 is 0 Å². The van der Waals surface area contributed by atoms with Gasteiger partial charge in [-0.15, -0.1) is 0 Å². The normalized spacial score (nSPS) is 21.8. The second-order valence-electron chi connectivity index (χ2n) is 6.76. The first kappa shape index (κ1) is 17.0. The molecule has 1 aromatic heterocycles. The highest BCUT2D eigenvalue weighted by Gasteiger charge is 2.36. The quantitative estimate of drug-likeness (QED) is 0.923. The number of nitrogens with zero attached hydrogens (tertiary/aromatic N) is 1. The molecule has 1 aromatic carbocycles. The highest BCUT2D eigenvalue weighted by atomic mass is 32.2. The Kier molecular flexibility index (Phi) is 4.67. The summed E-state index contributed by atoms with van der Waals surface area (Å²) in [5.41, 5.74) is 1.96. The number of nitrogens with one attached hydrogen (secondary N) is 1. The lowest BCUT2D eigenvalue weighted by atomic mass is 9.93. The molecule has 1 amide bonds. The molecular weight excluding hydrogens is 324 g/mol. The topological polar surface area (TPSA) is 70.2 Å². The molecule has 1 aliphatic carbocycles. The Balaban J connectivity index is 1.78. The Labute approximate surface area is 143 Å². The summed E-state index contributed by atoms with van der Waals surface area (Å²) in [4.78, 5) is 17.6. The van der Waals surface area contributed by atoms with Crippen molar-refractivity contribution in [1.82, 2.24) is 9.88 Å². The maximum absolute atomic E-state index is 12.7. The summed E-state index contributed by atoms with van der Waals surface area (Å²) >= 11 is 0. The average molecular weight is 348 g/mol. The maximum Gasteiger partial charge on any atom is 0.227 e. The minimum Gasteiger partial charge on any atom is -0.361 e. The van der Waals surface area contributed by atoms with Crippen molar-refractivity contribution in [3.05, 3.63) is 36.0 Å². The van der Waals surface area contributed by atoms with Gasteiger partial charge in [-0.05, 0) is 24.5 Å². The lowest BCUT2D eigenvalue weighted by Gasteiger charge is -2.37.